The standard InChI is InChI=1S/C25H36N4O4/c1-18-7-8-22(33-3)21(14-18)29-16-20(15-23(29)30)25(32)27-12-10-26(11-13-27)17-24(31)28-9-5-4-6-19(28)2/h7-8,14,19-20H,4-6,9-13,15-17H2,1-3H3. The number of carbonyl (C=O) groups is 3. The van der Waals surface area contributed by atoms with Gasteiger partial charge in [0.05, 0.1) is 25.3 Å². The molecule has 3 saturated heterocycles. The lowest BCUT2D eigenvalue weighted by Gasteiger charge is -2.38. The number of piperazine rings is 1. The zero-order valence-electron chi connectivity index (χ0n) is 20.1. The molecule has 0 aromatic heterocycles. The molecule has 3 aliphatic rings. The molecule has 3 aliphatic heterocycles. The van der Waals surface area contributed by atoms with E-state index in [1.165, 1.54) is 6.42 Å². The average molecular weight is 457 g/mol. The molecule has 0 spiro atoms. The number of benzene rings is 1. The Bertz CT molecular complexity index is 896. The summed E-state index contributed by atoms with van der Waals surface area (Å²) in [4.78, 5) is 46.4. The quantitative estimate of drug-likeness (QED) is 0.677. The Morgan fingerprint density at radius 3 is 2.55 bits per heavy atom. The van der Waals surface area contributed by atoms with E-state index < -0.39 is 0 Å². The van der Waals surface area contributed by atoms with Crippen molar-refractivity contribution in [1.29, 1.82) is 0 Å². The van der Waals surface area contributed by atoms with Crippen molar-refractivity contribution in [1.82, 2.24) is 14.7 Å². The lowest BCUT2D eigenvalue weighted by Crippen LogP contribution is -2.54. The third-order valence-corrected chi connectivity index (χ3v) is 7.27. The number of ether oxygens (including phenoxy) is 1. The lowest BCUT2D eigenvalue weighted by atomic mass is 10.0. The largest absolute Gasteiger partial charge is 0.495 e. The van der Waals surface area contributed by atoms with Gasteiger partial charge in [-0.15, -0.1) is 0 Å². The third kappa shape index (κ3) is 5.16. The molecule has 0 bridgehead atoms. The number of anilines is 1. The SMILES string of the molecule is COc1ccc(C)cc1N1CC(C(=O)N2CCN(CC(=O)N3CCCCC3C)CC2)CC1=O. The molecule has 4 rings (SSSR count). The van der Waals surface area contributed by atoms with Crippen molar-refractivity contribution in [3.63, 3.8) is 0 Å². The van der Waals surface area contributed by atoms with Crippen molar-refractivity contribution in [2.75, 3.05) is 57.8 Å². The van der Waals surface area contributed by atoms with Gasteiger partial charge < -0.3 is 19.4 Å². The summed E-state index contributed by atoms with van der Waals surface area (Å²) >= 11 is 0. The minimum atomic E-state index is -0.343. The van der Waals surface area contributed by atoms with E-state index in [0.29, 0.717) is 51.1 Å². The van der Waals surface area contributed by atoms with E-state index in [1.54, 1.807) is 12.0 Å². The molecule has 1 aromatic carbocycles. The highest BCUT2D eigenvalue weighted by Crippen LogP contribution is 2.34. The van der Waals surface area contributed by atoms with Crippen LogP contribution in [0.4, 0.5) is 5.69 Å². The molecule has 33 heavy (non-hydrogen) atoms. The van der Waals surface area contributed by atoms with E-state index in [9.17, 15) is 14.4 Å². The fourth-order valence-electron chi connectivity index (χ4n) is 5.25. The van der Waals surface area contributed by atoms with Gasteiger partial charge in [0, 0.05) is 51.7 Å². The van der Waals surface area contributed by atoms with E-state index in [0.717, 1.165) is 30.6 Å². The second-order valence-corrected chi connectivity index (χ2v) is 9.61. The smallest absolute Gasteiger partial charge is 0.236 e. The monoisotopic (exact) mass is 456 g/mol. The summed E-state index contributed by atoms with van der Waals surface area (Å²) in [6.45, 7) is 8.34. The number of rotatable bonds is 5. The normalized spacial score (nSPS) is 24.3. The number of nitrogens with zero attached hydrogens (tertiary/aromatic N) is 4. The van der Waals surface area contributed by atoms with Crippen molar-refractivity contribution >= 4 is 23.4 Å². The molecule has 2 unspecified atom stereocenters. The van der Waals surface area contributed by atoms with Gasteiger partial charge in [0.2, 0.25) is 17.7 Å². The summed E-state index contributed by atoms with van der Waals surface area (Å²) in [6, 6.07) is 6.06. The first-order valence-electron chi connectivity index (χ1n) is 12.1. The van der Waals surface area contributed by atoms with Crippen LogP contribution in [0.5, 0.6) is 5.75 Å². The van der Waals surface area contributed by atoms with Gasteiger partial charge in [-0.2, -0.15) is 0 Å². The predicted octanol–water partition coefficient (Wildman–Crippen LogP) is 1.90. The summed E-state index contributed by atoms with van der Waals surface area (Å²) in [5.74, 6) is 0.491. The van der Waals surface area contributed by atoms with Gasteiger partial charge in [-0.05, 0) is 50.8 Å². The molecule has 180 valence electrons. The van der Waals surface area contributed by atoms with Gasteiger partial charge in [0.15, 0.2) is 0 Å². The topological polar surface area (TPSA) is 73.4 Å². The molecule has 2 atom stereocenters. The Morgan fingerprint density at radius 1 is 1.09 bits per heavy atom. The van der Waals surface area contributed by atoms with Gasteiger partial charge in [0.25, 0.3) is 0 Å². The number of carbonyl (C=O) groups excluding carboxylic acids is 3. The fourth-order valence-corrected chi connectivity index (χ4v) is 5.25. The maximum absolute atomic E-state index is 13.2. The van der Waals surface area contributed by atoms with Crippen LogP contribution in [0, 0.1) is 12.8 Å². The minimum absolute atomic E-state index is 0.0353. The molecular weight excluding hydrogens is 420 g/mol. The van der Waals surface area contributed by atoms with Gasteiger partial charge in [-0.3, -0.25) is 19.3 Å². The number of hydrogen-bond donors (Lipinski definition) is 0. The predicted molar refractivity (Wildman–Crippen MR) is 126 cm³/mol. The molecule has 3 amide bonds. The van der Waals surface area contributed by atoms with Gasteiger partial charge in [0.1, 0.15) is 5.75 Å². The summed E-state index contributed by atoms with van der Waals surface area (Å²) in [5.41, 5.74) is 1.77. The van der Waals surface area contributed by atoms with Crippen LogP contribution in [0.2, 0.25) is 0 Å². The molecular formula is C25H36N4O4. The van der Waals surface area contributed by atoms with Gasteiger partial charge in [-0.1, -0.05) is 6.07 Å². The Kier molecular flexibility index (Phi) is 7.22. The van der Waals surface area contributed by atoms with Crippen LogP contribution in [-0.4, -0.2) is 91.4 Å². The Balaban J connectivity index is 1.31. The highest BCUT2D eigenvalue weighted by molar-refractivity contribution is 6.01. The van der Waals surface area contributed by atoms with Crippen LogP contribution in [0.25, 0.3) is 0 Å². The highest BCUT2D eigenvalue weighted by atomic mass is 16.5. The second-order valence-electron chi connectivity index (χ2n) is 9.61. The first kappa shape index (κ1) is 23.5. The van der Waals surface area contributed by atoms with E-state index in [4.69, 9.17) is 4.74 Å². The molecule has 8 nitrogen and oxygen atoms in total. The molecule has 3 heterocycles. The third-order valence-electron chi connectivity index (χ3n) is 7.27. The van der Waals surface area contributed by atoms with Crippen molar-refractivity contribution in [2.45, 2.75) is 45.6 Å². The van der Waals surface area contributed by atoms with Crippen molar-refractivity contribution < 1.29 is 19.1 Å². The van der Waals surface area contributed by atoms with Gasteiger partial charge in [-0.25, -0.2) is 0 Å². The van der Waals surface area contributed by atoms with Crippen molar-refractivity contribution in [3.05, 3.63) is 23.8 Å². The van der Waals surface area contributed by atoms with Crippen LogP contribution in [-0.2, 0) is 14.4 Å². The average Bonchev–Trinajstić information content (AvgIpc) is 3.20. The summed E-state index contributed by atoms with van der Waals surface area (Å²) < 4.78 is 5.44. The maximum atomic E-state index is 13.2. The number of hydrogen-bond acceptors (Lipinski definition) is 5. The van der Waals surface area contributed by atoms with Crippen LogP contribution >= 0.6 is 0 Å². The van der Waals surface area contributed by atoms with Gasteiger partial charge >= 0.3 is 0 Å². The van der Waals surface area contributed by atoms with E-state index in [1.807, 2.05) is 34.9 Å². The highest BCUT2D eigenvalue weighted by Gasteiger charge is 2.39. The van der Waals surface area contributed by atoms with E-state index in [-0.39, 0.29) is 30.1 Å². The summed E-state index contributed by atoms with van der Waals surface area (Å²) in [7, 11) is 1.59. The van der Waals surface area contributed by atoms with Crippen LogP contribution in [0.3, 0.4) is 0 Å². The zero-order valence-corrected chi connectivity index (χ0v) is 20.1. The molecule has 8 heteroatoms. The fraction of sp³-hybridized carbons (Fsp3) is 0.640. The summed E-state index contributed by atoms with van der Waals surface area (Å²) in [5, 5.41) is 0. The van der Waals surface area contributed by atoms with Crippen molar-refractivity contribution in [2.24, 2.45) is 5.92 Å². The molecule has 0 N–H and O–H groups in total. The molecule has 1 aromatic rings. The number of amides is 3. The first-order chi connectivity index (χ1) is 15.9. The first-order valence-corrected chi connectivity index (χ1v) is 12.1. The molecule has 0 radical (unpaired) electrons. The van der Waals surface area contributed by atoms with E-state index in [2.05, 4.69) is 11.8 Å². The number of piperidine rings is 1. The second kappa shape index (κ2) is 10.1. The van der Waals surface area contributed by atoms with Crippen LogP contribution in [0.1, 0.15) is 38.2 Å². The van der Waals surface area contributed by atoms with Crippen LogP contribution in [0.15, 0.2) is 18.2 Å². The number of aryl methyl sites for hydroxylation is 1. The zero-order chi connectivity index (χ0) is 23.5. The Morgan fingerprint density at radius 2 is 1.85 bits per heavy atom. The Labute approximate surface area is 196 Å². The number of methoxy groups -OCH3 is 1. The van der Waals surface area contributed by atoms with E-state index >= 15 is 0 Å². The van der Waals surface area contributed by atoms with Crippen LogP contribution < -0.4 is 9.64 Å². The number of likely N-dealkylation sites (tertiary alicyclic amines) is 1. The molecule has 0 aliphatic carbocycles. The molecule has 0 saturated carbocycles. The Hall–Kier alpha value is -2.61. The molecule has 3 fully saturated rings. The minimum Gasteiger partial charge on any atom is -0.495 e. The lowest BCUT2D eigenvalue weighted by molar-refractivity contribution is -0.139. The maximum Gasteiger partial charge on any atom is 0.236 e. The summed E-state index contributed by atoms with van der Waals surface area (Å²) in [6.07, 6.45) is 3.59. The van der Waals surface area contributed by atoms with Crippen molar-refractivity contribution in [3.8, 4) is 5.75 Å².